The first-order chi connectivity index (χ1) is 8.63. The van der Waals surface area contributed by atoms with Crippen molar-refractivity contribution >= 4 is 17.4 Å². The van der Waals surface area contributed by atoms with E-state index in [1.165, 1.54) is 0 Å². The Morgan fingerprint density at radius 2 is 2.28 bits per heavy atom. The fourth-order valence-corrected chi connectivity index (χ4v) is 2.05. The molecule has 0 atom stereocenters. The number of rotatable bonds is 7. The Kier molecular flexibility index (Phi) is 5.90. The van der Waals surface area contributed by atoms with Gasteiger partial charge in [-0.15, -0.1) is 6.42 Å². The number of terminal acetylenes is 1. The topological polar surface area (TPSA) is 46.9 Å². The van der Waals surface area contributed by atoms with Crippen LogP contribution in [-0.2, 0) is 24.2 Å². The summed E-state index contributed by atoms with van der Waals surface area (Å²) in [6.07, 6.45) is 6.15. The number of ketones is 1. The van der Waals surface area contributed by atoms with Gasteiger partial charge in [0.05, 0.1) is 35.9 Å². The molecule has 0 spiro atoms. The third-order valence-corrected chi connectivity index (χ3v) is 3.04. The van der Waals surface area contributed by atoms with Gasteiger partial charge in [0.15, 0.2) is 5.78 Å². The number of aromatic nitrogens is 2. The number of nitrogens with zero attached hydrogens (tertiary/aromatic N) is 2. The van der Waals surface area contributed by atoms with E-state index in [1.807, 2.05) is 13.8 Å². The summed E-state index contributed by atoms with van der Waals surface area (Å²) >= 11 is 6.23. The van der Waals surface area contributed by atoms with E-state index in [0.29, 0.717) is 18.1 Å². The van der Waals surface area contributed by atoms with E-state index in [2.05, 4.69) is 16.3 Å². The van der Waals surface area contributed by atoms with Gasteiger partial charge in [0, 0.05) is 6.54 Å². The van der Waals surface area contributed by atoms with Crippen molar-refractivity contribution in [3.05, 3.63) is 16.4 Å². The van der Waals surface area contributed by atoms with Crippen LogP contribution >= 0.6 is 11.6 Å². The van der Waals surface area contributed by atoms with Crippen molar-refractivity contribution in [1.29, 1.82) is 0 Å². The molecule has 4 nitrogen and oxygen atoms in total. The smallest absolute Gasteiger partial charge is 0.152 e. The van der Waals surface area contributed by atoms with E-state index in [9.17, 15) is 4.79 Å². The molecule has 1 aromatic heterocycles. The van der Waals surface area contributed by atoms with Crippen molar-refractivity contribution in [2.75, 3.05) is 13.1 Å². The molecular weight excluding hydrogens is 250 g/mol. The van der Waals surface area contributed by atoms with Crippen LogP contribution in [0, 0.1) is 12.3 Å². The Balaban J connectivity index is 2.74. The van der Waals surface area contributed by atoms with Crippen LogP contribution in [0.15, 0.2) is 0 Å². The van der Waals surface area contributed by atoms with Crippen molar-refractivity contribution in [2.45, 2.75) is 33.2 Å². The number of hydrogen-bond acceptors (Lipinski definition) is 3. The zero-order valence-electron chi connectivity index (χ0n) is 10.8. The maximum absolute atomic E-state index is 11.8. The van der Waals surface area contributed by atoms with Crippen LogP contribution in [-0.4, -0.2) is 28.7 Å². The Bertz CT molecular complexity index is 460. The number of aryl methyl sites for hydroxylation is 2. The average Bonchev–Trinajstić information content (AvgIpc) is 2.66. The van der Waals surface area contributed by atoms with E-state index in [1.54, 1.807) is 4.68 Å². The number of hydrogen-bond donors (Lipinski definition) is 1. The van der Waals surface area contributed by atoms with Gasteiger partial charge in [-0.25, -0.2) is 0 Å². The molecule has 1 N–H and O–H groups in total. The fourth-order valence-electron chi connectivity index (χ4n) is 1.71. The zero-order valence-corrected chi connectivity index (χ0v) is 11.5. The van der Waals surface area contributed by atoms with Gasteiger partial charge >= 0.3 is 0 Å². The summed E-state index contributed by atoms with van der Waals surface area (Å²) in [5, 5.41) is 7.87. The molecule has 0 aliphatic heterocycles. The molecule has 1 rings (SSSR count). The highest BCUT2D eigenvalue weighted by Gasteiger charge is 2.16. The van der Waals surface area contributed by atoms with Gasteiger partial charge in [0.1, 0.15) is 0 Å². The van der Waals surface area contributed by atoms with Crippen molar-refractivity contribution in [2.24, 2.45) is 0 Å². The van der Waals surface area contributed by atoms with Crippen molar-refractivity contribution in [3.63, 3.8) is 0 Å². The molecule has 0 saturated carbocycles. The summed E-state index contributed by atoms with van der Waals surface area (Å²) in [7, 11) is 0. The summed E-state index contributed by atoms with van der Waals surface area (Å²) in [6, 6.07) is 0. The summed E-state index contributed by atoms with van der Waals surface area (Å²) in [6.45, 7) is 5.34. The fraction of sp³-hybridized carbons (Fsp3) is 0.538. The SMILES string of the molecule is C#CCNCC(=O)Cc1c(Cl)c(CC)nn1CC. The summed E-state index contributed by atoms with van der Waals surface area (Å²) in [5.74, 6) is 2.49. The van der Waals surface area contributed by atoms with Gasteiger partial charge < -0.3 is 0 Å². The molecule has 0 unspecified atom stereocenters. The Hall–Kier alpha value is -1.31. The lowest BCUT2D eigenvalue weighted by atomic mass is 10.2. The van der Waals surface area contributed by atoms with Crippen LogP contribution in [0.1, 0.15) is 25.2 Å². The lowest BCUT2D eigenvalue weighted by Crippen LogP contribution is -2.25. The summed E-state index contributed by atoms with van der Waals surface area (Å²) < 4.78 is 1.79. The third kappa shape index (κ3) is 3.59. The predicted octanol–water partition coefficient (Wildman–Crippen LogP) is 1.45. The minimum atomic E-state index is 0.0596. The summed E-state index contributed by atoms with van der Waals surface area (Å²) in [4.78, 5) is 11.8. The van der Waals surface area contributed by atoms with Crippen LogP contribution in [0.25, 0.3) is 0 Å². The molecule has 0 aliphatic carbocycles. The summed E-state index contributed by atoms with van der Waals surface area (Å²) in [5.41, 5.74) is 1.64. The average molecular weight is 268 g/mol. The standard InChI is InChI=1S/C13H18ClN3O/c1-4-7-15-9-10(18)8-12-13(14)11(5-2)16-17(12)6-3/h1,15H,5-9H2,2-3H3. The maximum atomic E-state index is 11.8. The molecule has 5 heteroatoms. The predicted molar refractivity (Wildman–Crippen MR) is 72.7 cm³/mol. The van der Waals surface area contributed by atoms with E-state index in [-0.39, 0.29) is 18.7 Å². The molecule has 0 bridgehead atoms. The van der Waals surface area contributed by atoms with Crippen LogP contribution in [0.5, 0.6) is 0 Å². The third-order valence-electron chi connectivity index (χ3n) is 2.61. The van der Waals surface area contributed by atoms with Crippen LogP contribution < -0.4 is 5.32 Å². The monoisotopic (exact) mass is 267 g/mol. The normalized spacial score (nSPS) is 10.3. The number of carbonyl (C=O) groups is 1. The first kappa shape index (κ1) is 14.7. The molecule has 0 radical (unpaired) electrons. The highest BCUT2D eigenvalue weighted by molar-refractivity contribution is 6.32. The second-order valence-electron chi connectivity index (χ2n) is 3.90. The zero-order chi connectivity index (χ0) is 13.5. The molecule has 0 amide bonds. The Labute approximate surface area is 113 Å². The second-order valence-corrected chi connectivity index (χ2v) is 4.28. The van der Waals surface area contributed by atoms with E-state index in [0.717, 1.165) is 17.8 Å². The van der Waals surface area contributed by atoms with Gasteiger partial charge in [0.2, 0.25) is 0 Å². The minimum Gasteiger partial charge on any atom is -0.299 e. The Morgan fingerprint density at radius 1 is 1.56 bits per heavy atom. The second kappa shape index (κ2) is 7.20. The molecule has 1 heterocycles. The van der Waals surface area contributed by atoms with Gasteiger partial charge in [-0.2, -0.15) is 5.10 Å². The molecule has 18 heavy (non-hydrogen) atoms. The van der Waals surface area contributed by atoms with E-state index >= 15 is 0 Å². The number of carbonyl (C=O) groups excluding carboxylic acids is 1. The van der Waals surface area contributed by atoms with Crippen LogP contribution in [0.3, 0.4) is 0 Å². The lowest BCUT2D eigenvalue weighted by molar-refractivity contribution is -0.117. The first-order valence-electron chi connectivity index (χ1n) is 6.03. The molecular formula is C13H18ClN3O. The highest BCUT2D eigenvalue weighted by Crippen LogP contribution is 2.22. The van der Waals surface area contributed by atoms with Gasteiger partial charge in [-0.3, -0.25) is 14.8 Å². The quantitative estimate of drug-likeness (QED) is 0.601. The molecule has 0 aliphatic rings. The minimum absolute atomic E-state index is 0.0596. The molecule has 0 aromatic carbocycles. The van der Waals surface area contributed by atoms with Crippen molar-refractivity contribution in [1.82, 2.24) is 15.1 Å². The molecule has 0 saturated heterocycles. The number of Topliss-reactive ketones (excluding diaryl/α,β-unsaturated/α-hetero) is 1. The Morgan fingerprint density at radius 3 is 2.83 bits per heavy atom. The lowest BCUT2D eigenvalue weighted by Gasteiger charge is -2.05. The molecule has 98 valence electrons. The van der Waals surface area contributed by atoms with Crippen molar-refractivity contribution in [3.8, 4) is 12.3 Å². The van der Waals surface area contributed by atoms with Gasteiger partial charge in [-0.05, 0) is 13.3 Å². The van der Waals surface area contributed by atoms with E-state index in [4.69, 9.17) is 18.0 Å². The maximum Gasteiger partial charge on any atom is 0.152 e. The van der Waals surface area contributed by atoms with Crippen LogP contribution in [0.2, 0.25) is 5.02 Å². The van der Waals surface area contributed by atoms with Crippen LogP contribution in [0.4, 0.5) is 0 Å². The number of halogens is 1. The van der Waals surface area contributed by atoms with E-state index < -0.39 is 0 Å². The number of nitrogens with one attached hydrogen (secondary N) is 1. The largest absolute Gasteiger partial charge is 0.299 e. The first-order valence-corrected chi connectivity index (χ1v) is 6.41. The van der Waals surface area contributed by atoms with Crippen molar-refractivity contribution < 1.29 is 4.79 Å². The highest BCUT2D eigenvalue weighted by atomic mass is 35.5. The van der Waals surface area contributed by atoms with Gasteiger partial charge in [0.25, 0.3) is 0 Å². The van der Waals surface area contributed by atoms with Gasteiger partial charge in [-0.1, -0.05) is 24.4 Å². The molecule has 1 aromatic rings. The molecule has 0 fully saturated rings.